The first-order valence-corrected chi connectivity index (χ1v) is 4.47. The molecule has 1 heteroatoms. The van der Waals surface area contributed by atoms with Crippen molar-refractivity contribution in [3.05, 3.63) is 34.6 Å². The fourth-order valence-corrected chi connectivity index (χ4v) is 1.50. The highest BCUT2D eigenvalue weighted by Gasteiger charge is 2.04. The van der Waals surface area contributed by atoms with Crippen LogP contribution in [0.2, 0.25) is 0 Å². The third kappa shape index (κ3) is 1.66. The van der Waals surface area contributed by atoms with Gasteiger partial charge in [-0.1, -0.05) is 19.9 Å². The predicted octanol–water partition coefficient (Wildman–Crippen LogP) is 3.26. The van der Waals surface area contributed by atoms with Crippen LogP contribution in [0.1, 0.15) is 30.5 Å². The SMILES string of the molecule is CCc1cc(C)c(CC)c(F)c1. The van der Waals surface area contributed by atoms with Crippen LogP contribution in [0.4, 0.5) is 4.39 Å². The lowest BCUT2D eigenvalue weighted by Crippen LogP contribution is -1.94. The lowest BCUT2D eigenvalue weighted by Gasteiger charge is -2.06. The Morgan fingerprint density at radius 3 is 2.25 bits per heavy atom. The van der Waals surface area contributed by atoms with Gasteiger partial charge in [0, 0.05) is 0 Å². The molecule has 0 fully saturated rings. The van der Waals surface area contributed by atoms with Crippen LogP contribution in [0.15, 0.2) is 12.1 Å². The van der Waals surface area contributed by atoms with Crippen LogP contribution in [0.25, 0.3) is 0 Å². The third-order valence-electron chi connectivity index (χ3n) is 2.24. The van der Waals surface area contributed by atoms with E-state index in [1.165, 1.54) is 0 Å². The van der Waals surface area contributed by atoms with Crippen LogP contribution in [0, 0.1) is 12.7 Å². The van der Waals surface area contributed by atoms with Crippen molar-refractivity contribution in [2.24, 2.45) is 0 Å². The van der Waals surface area contributed by atoms with E-state index in [9.17, 15) is 4.39 Å². The molecule has 1 rings (SSSR count). The minimum Gasteiger partial charge on any atom is -0.207 e. The highest BCUT2D eigenvalue weighted by Crippen LogP contribution is 2.16. The van der Waals surface area contributed by atoms with Gasteiger partial charge in [0.25, 0.3) is 0 Å². The molecule has 0 spiro atoms. The summed E-state index contributed by atoms with van der Waals surface area (Å²) in [5.41, 5.74) is 3.02. The number of halogens is 1. The Hall–Kier alpha value is -0.850. The highest BCUT2D eigenvalue weighted by atomic mass is 19.1. The Morgan fingerprint density at radius 1 is 1.17 bits per heavy atom. The summed E-state index contributed by atoms with van der Waals surface area (Å²) in [5.74, 6) is -0.0469. The van der Waals surface area contributed by atoms with E-state index in [1.807, 2.05) is 20.8 Å². The summed E-state index contributed by atoms with van der Waals surface area (Å²) < 4.78 is 13.3. The number of aryl methyl sites for hydroxylation is 2. The van der Waals surface area contributed by atoms with Crippen molar-refractivity contribution in [2.75, 3.05) is 0 Å². The van der Waals surface area contributed by atoms with E-state index < -0.39 is 0 Å². The number of benzene rings is 1. The van der Waals surface area contributed by atoms with Crippen LogP contribution in [0.5, 0.6) is 0 Å². The first-order chi connectivity index (χ1) is 5.69. The molecule has 0 atom stereocenters. The van der Waals surface area contributed by atoms with Crippen molar-refractivity contribution < 1.29 is 4.39 Å². The molecular weight excluding hydrogens is 151 g/mol. The first kappa shape index (κ1) is 9.24. The second-order valence-electron chi connectivity index (χ2n) is 3.08. The number of rotatable bonds is 2. The molecule has 0 aliphatic heterocycles. The Labute approximate surface area is 73.4 Å². The molecule has 12 heavy (non-hydrogen) atoms. The Morgan fingerprint density at radius 2 is 1.83 bits per heavy atom. The average Bonchev–Trinajstić information content (AvgIpc) is 2.03. The van der Waals surface area contributed by atoms with Gasteiger partial charge < -0.3 is 0 Å². The van der Waals surface area contributed by atoms with Gasteiger partial charge >= 0.3 is 0 Å². The van der Waals surface area contributed by atoms with E-state index in [0.29, 0.717) is 0 Å². The molecule has 0 unspecified atom stereocenters. The molecule has 0 nitrogen and oxygen atoms in total. The van der Waals surface area contributed by atoms with Crippen molar-refractivity contribution in [1.82, 2.24) is 0 Å². The van der Waals surface area contributed by atoms with E-state index in [1.54, 1.807) is 6.07 Å². The van der Waals surface area contributed by atoms with Crippen molar-refractivity contribution in [3.63, 3.8) is 0 Å². The lowest BCUT2D eigenvalue weighted by atomic mass is 10.0. The Kier molecular flexibility index (Phi) is 2.85. The molecule has 0 heterocycles. The van der Waals surface area contributed by atoms with Gasteiger partial charge in [-0.25, -0.2) is 4.39 Å². The second kappa shape index (κ2) is 3.70. The summed E-state index contributed by atoms with van der Waals surface area (Å²) in [6.07, 6.45) is 1.68. The molecule has 0 amide bonds. The summed E-state index contributed by atoms with van der Waals surface area (Å²) in [7, 11) is 0. The molecule has 66 valence electrons. The van der Waals surface area contributed by atoms with Crippen LogP contribution < -0.4 is 0 Å². The van der Waals surface area contributed by atoms with Gasteiger partial charge in [0.05, 0.1) is 0 Å². The van der Waals surface area contributed by atoms with Crippen molar-refractivity contribution in [1.29, 1.82) is 0 Å². The molecule has 0 aliphatic rings. The highest BCUT2D eigenvalue weighted by molar-refractivity contribution is 5.32. The summed E-state index contributed by atoms with van der Waals surface area (Å²) in [4.78, 5) is 0. The normalized spacial score (nSPS) is 10.3. The third-order valence-corrected chi connectivity index (χ3v) is 2.24. The van der Waals surface area contributed by atoms with Crippen LogP contribution >= 0.6 is 0 Å². The summed E-state index contributed by atoms with van der Waals surface area (Å²) in [5, 5.41) is 0. The first-order valence-electron chi connectivity index (χ1n) is 4.47. The molecule has 1 aromatic rings. The zero-order chi connectivity index (χ0) is 9.14. The van der Waals surface area contributed by atoms with Gasteiger partial charge in [-0.2, -0.15) is 0 Å². The van der Waals surface area contributed by atoms with Crippen molar-refractivity contribution in [2.45, 2.75) is 33.6 Å². The molecule has 1 aromatic carbocycles. The maximum atomic E-state index is 13.3. The monoisotopic (exact) mass is 166 g/mol. The molecule has 0 N–H and O–H groups in total. The Balaban J connectivity index is 3.18. The van der Waals surface area contributed by atoms with Crippen LogP contribution in [-0.2, 0) is 12.8 Å². The van der Waals surface area contributed by atoms with Gasteiger partial charge in [-0.3, -0.25) is 0 Å². The molecule has 0 aromatic heterocycles. The van der Waals surface area contributed by atoms with E-state index in [2.05, 4.69) is 6.07 Å². The molecule has 0 radical (unpaired) electrons. The lowest BCUT2D eigenvalue weighted by molar-refractivity contribution is 0.608. The molecule has 0 aliphatic carbocycles. The molecular formula is C11H15F. The van der Waals surface area contributed by atoms with Crippen molar-refractivity contribution in [3.8, 4) is 0 Å². The molecule has 0 bridgehead atoms. The standard InChI is InChI=1S/C11H15F/c1-4-9-6-8(3)10(5-2)11(12)7-9/h6-7H,4-5H2,1-3H3. The van der Waals surface area contributed by atoms with E-state index in [0.717, 1.165) is 29.5 Å². The van der Waals surface area contributed by atoms with Crippen LogP contribution in [-0.4, -0.2) is 0 Å². The minimum absolute atomic E-state index is 0.0469. The van der Waals surface area contributed by atoms with Crippen LogP contribution in [0.3, 0.4) is 0 Å². The topological polar surface area (TPSA) is 0 Å². The second-order valence-corrected chi connectivity index (χ2v) is 3.08. The minimum atomic E-state index is -0.0469. The fraction of sp³-hybridized carbons (Fsp3) is 0.455. The summed E-state index contributed by atoms with van der Waals surface area (Å²) >= 11 is 0. The van der Waals surface area contributed by atoms with E-state index in [4.69, 9.17) is 0 Å². The van der Waals surface area contributed by atoms with Gasteiger partial charge in [0.1, 0.15) is 5.82 Å². The Bertz CT molecular complexity index is 253. The predicted molar refractivity (Wildman–Crippen MR) is 49.9 cm³/mol. The van der Waals surface area contributed by atoms with Gasteiger partial charge in [0.2, 0.25) is 0 Å². The van der Waals surface area contributed by atoms with Gasteiger partial charge in [0.15, 0.2) is 0 Å². The maximum absolute atomic E-state index is 13.3. The smallest absolute Gasteiger partial charge is 0.126 e. The van der Waals surface area contributed by atoms with Gasteiger partial charge in [-0.15, -0.1) is 0 Å². The maximum Gasteiger partial charge on any atom is 0.126 e. The number of hydrogen-bond acceptors (Lipinski definition) is 0. The molecule has 0 saturated heterocycles. The van der Waals surface area contributed by atoms with Gasteiger partial charge in [-0.05, 0) is 42.5 Å². The number of hydrogen-bond donors (Lipinski definition) is 0. The zero-order valence-electron chi connectivity index (χ0n) is 7.95. The average molecular weight is 166 g/mol. The van der Waals surface area contributed by atoms with E-state index >= 15 is 0 Å². The molecule has 0 saturated carbocycles. The summed E-state index contributed by atoms with van der Waals surface area (Å²) in [6, 6.07) is 3.72. The quantitative estimate of drug-likeness (QED) is 0.632. The zero-order valence-corrected chi connectivity index (χ0v) is 7.95. The van der Waals surface area contributed by atoms with Crippen molar-refractivity contribution >= 4 is 0 Å². The van der Waals surface area contributed by atoms with E-state index in [-0.39, 0.29) is 5.82 Å². The largest absolute Gasteiger partial charge is 0.207 e. The fourth-order valence-electron chi connectivity index (χ4n) is 1.50. The summed E-state index contributed by atoms with van der Waals surface area (Å²) in [6.45, 7) is 6.00.